The molecular weight excluding hydrogens is 281 g/mol. The van der Waals surface area contributed by atoms with Gasteiger partial charge in [-0.05, 0) is 29.3 Å². The fourth-order valence-corrected chi connectivity index (χ4v) is 3.20. The Morgan fingerprint density at radius 1 is 1.16 bits per heavy atom. The lowest BCUT2D eigenvalue weighted by Gasteiger charge is -2.15. The van der Waals surface area contributed by atoms with Crippen molar-refractivity contribution in [3.63, 3.8) is 0 Å². The normalized spacial score (nSPS) is 12.4. The average Bonchev–Trinajstić information content (AvgIpc) is 2.41. The van der Waals surface area contributed by atoms with Crippen LogP contribution in [0.5, 0.6) is 0 Å². The molecule has 19 heavy (non-hydrogen) atoms. The van der Waals surface area contributed by atoms with Crippen molar-refractivity contribution in [2.45, 2.75) is 11.0 Å². The van der Waals surface area contributed by atoms with E-state index < -0.39 is 0 Å². The molecule has 0 aromatic heterocycles. The molecule has 100 valence electrons. The zero-order valence-corrected chi connectivity index (χ0v) is 11.9. The monoisotopic (exact) mass is 295 g/mol. The van der Waals surface area contributed by atoms with Crippen LogP contribution in [0.15, 0.2) is 48.5 Å². The highest BCUT2D eigenvalue weighted by Crippen LogP contribution is 2.32. The summed E-state index contributed by atoms with van der Waals surface area (Å²) in [4.78, 5) is 0. The van der Waals surface area contributed by atoms with Gasteiger partial charge in [-0.15, -0.1) is 11.8 Å². The Labute approximate surface area is 122 Å². The van der Waals surface area contributed by atoms with Gasteiger partial charge in [0.25, 0.3) is 0 Å². The van der Waals surface area contributed by atoms with Crippen LogP contribution >= 0.6 is 23.4 Å². The molecule has 2 aromatic carbocycles. The minimum Gasteiger partial charge on any atom is -0.329 e. The van der Waals surface area contributed by atoms with E-state index in [4.69, 9.17) is 17.3 Å². The van der Waals surface area contributed by atoms with Gasteiger partial charge in [-0.2, -0.15) is 0 Å². The molecule has 0 saturated carbocycles. The molecule has 1 atom stereocenters. The number of rotatable bonds is 5. The first-order valence-electron chi connectivity index (χ1n) is 6.01. The van der Waals surface area contributed by atoms with Crippen LogP contribution < -0.4 is 5.73 Å². The van der Waals surface area contributed by atoms with Gasteiger partial charge in [-0.1, -0.05) is 41.9 Å². The van der Waals surface area contributed by atoms with Crippen molar-refractivity contribution in [2.24, 2.45) is 5.73 Å². The molecule has 0 aliphatic carbocycles. The second kappa shape index (κ2) is 6.94. The number of thioether (sulfide) groups is 1. The Morgan fingerprint density at radius 2 is 1.95 bits per heavy atom. The van der Waals surface area contributed by atoms with Crippen LogP contribution in [0.2, 0.25) is 5.02 Å². The summed E-state index contributed by atoms with van der Waals surface area (Å²) in [5.41, 5.74) is 7.77. The fourth-order valence-electron chi connectivity index (χ4n) is 1.81. The SMILES string of the molecule is NCC(SCc1ccccc1Cl)c1cccc(F)c1. The molecule has 0 saturated heterocycles. The summed E-state index contributed by atoms with van der Waals surface area (Å²) >= 11 is 7.79. The van der Waals surface area contributed by atoms with Crippen LogP contribution in [-0.2, 0) is 5.75 Å². The van der Waals surface area contributed by atoms with E-state index in [0.29, 0.717) is 6.54 Å². The van der Waals surface area contributed by atoms with Gasteiger partial charge in [0.15, 0.2) is 0 Å². The maximum Gasteiger partial charge on any atom is 0.123 e. The number of benzene rings is 2. The highest BCUT2D eigenvalue weighted by Gasteiger charge is 2.12. The first-order valence-corrected chi connectivity index (χ1v) is 7.44. The van der Waals surface area contributed by atoms with E-state index in [-0.39, 0.29) is 11.1 Å². The van der Waals surface area contributed by atoms with Crippen LogP contribution in [0.4, 0.5) is 4.39 Å². The number of hydrogen-bond acceptors (Lipinski definition) is 2. The highest BCUT2D eigenvalue weighted by atomic mass is 35.5. The van der Waals surface area contributed by atoms with Crippen LogP contribution in [0.25, 0.3) is 0 Å². The van der Waals surface area contributed by atoms with Gasteiger partial charge in [-0.3, -0.25) is 0 Å². The standard InChI is InChI=1S/C15H15ClFNS/c16-14-7-2-1-4-12(14)10-19-15(9-18)11-5-3-6-13(17)8-11/h1-8,15H,9-10,18H2. The van der Waals surface area contributed by atoms with Gasteiger partial charge in [0.05, 0.1) is 0 Å². The molecule has 1 unspecified atom stereocenters. The van der Waals surface area contributed by atoms with Crippen molar-refractivity contribution in [2.75, 3.05) is 6.54 Å². The third-order valence-corrected chi connectivity index (χ3v) is 4.55. The summed E-state index contributed by atoms with van der Waals surface area (Å²) in [6, 6.07) is 14.3. The molecule has 4 heteroatoms. The lowest BCUT2D eigenvalue weighted by molar-refractivity contribution is 0.625. The summed E-state index contributed by atoms with van der Waals surface area (Å²) in [6.45, 7) is 0.471. The zero-order valence-electron chi connectivity index (χ0n) is 10.4. The molecule has 0 aliphatic rings. The Morgan fingerprint density at radius 3 is 2.63 bits per heavy atom. The third kappa shape index (κ3) is 3.96. The number of halogens is 2. The summed E-state index contributed by atoms with van der Waals surface area (Å²) in [7, 11) is 0. The quantitative estimate of drug-likeness (QED) is 0.884. The van der Waals surface area contributed by atoms with Crippen molar-refractivity contribution in [1.82, 2.24) is 0 Å². The summed E-state index contributed by atoms with van der Waals surface area (Å²) in [5, 5.41) is 0.831. The van der Waals surface area contributed by atoms with Crippen LogP contribution in [-0.4, -0.2) is 6.54 Å². The maximum absolute atomic E-state index is 13.2. The van der Waals surface area contributed by atoms with E-state index in [2.05, 4.69) is 0 Å². The van der Waals surface area contributed by atoms with Crippen molar-refractivity contribution in [3.8, 4) is 0 Å². The highest BCUT2D eigenvalue weighted by molar-refractivity contribution is 7.98. The van der Waals surface area contributed by atoms with E-state index in [0.717, 1.165) is 21.9 Å². The Bertz CT molecular complexity index is 547. The molecule has 0 heterocycles. The minimum atomic E-state index is -0.228. The van der Waals surface area contributed by atoms with Gasteiger partial charge in [0, 0.05) is 22.6 Å². The van der Waals surface area contributed by atoms with Gasteiger partial charge < -0.3 is 5.73 Å². The Balaban J connectivity index is 2.06. The third-order valence-electron chi connectivity index (χ3n) is 2.83. The van der Waals surface area contributed by atoms with Gasteiger partial charge in [0.2, 0.25) is 0 Å². The lowest BCUT2D eigenvalue weighted by Crippen LogP contribution is -2.09. The van der Waals surface area contributed by atoms with E-state index in [1.165, 1.54) is 12.1 Å². The molecule has 0 radical (unpaired) electrons. The lowest BCUT2D eigenvalue weighted by atomic mass is 10.1. The van der Waals surface area contributed by atoms with Crippen LogP contribution in [0, 0.1) is 5.82 Å². The second-order valence-corrected chi connectivity index (χ2v) is 5.78. The molecular formula is C15H15ClFNS. The maximum atomic E-state index is 13.2. The van der Waals surface area contributed by atoms with E-state index >= 15 is 0 Å². The van der Waals surface area contributed by atoms with E-state index in [9.17, 15) is 4.39 Å². The van der Waals surface area contributed by atoms with Crippen LogP contribution in [0.1, 0.15) is 16.4 Å². The fraction of sp³-hybridized carbons (Fsp3) is 0.200. The Hall–Kier alpha value is -1.03. The van der Waals surface area contributed by atoms with Crippen molar-refractivity contribution in [1.29, 1.82) is 0 Å². The molecule has 0 fully saturated rings. The topological polar surface area (TPSA) is 26.0 Å². The average molecular weight is 296 g/mol. The van der Waals surface area contributed by atoms with Crippen molar-refractivity contribution < 1.29 is 4.39 Å². The summed E-state index contributed by atoms with van der Waals surface area (Å²) in [5.74, 6) is 0.534. The number of hydrogen-bond donors (Lipinski definition) is 1. The molecule has 0 spiro atoms. The molecule has 0 bridgehead atoms. The van der Waals surface area contributed by atoms with Crippen molar-refractivity contribution >= 4 is 23.4 Å². The predicted octanol–water partition coefficient (Wildman–Crippen LogP) is 4.41. The molecule has 2 rings (SSSR count). The summed E-state index contributed by atoms with van der Waals surface area (Å²) < 4.78 is 13.2. The van der Waals surface area contributed by atoms with E-state index in [1.54, 1.807) is 17.8 Å². The largest absolute Gasteiger partial charge is 0.329 e. The van der Waals surface area contributed by atoms with Gasteiger partial charge in [0.1, 0.15) is 5.82 Å². The molecule has 2 aromatic rings. The summed E-state index contributed by atoms with van der Waals surface area (Å²) in [6.07, 6.45) is 0. The van der Waals surface area contributed by atoms with Crippen molar-refractivity contribution in [3.05, 3.63) is 70.5 Å². The first kappa shape index (κ1) is 14.4. The smallest absolute Gasteiger partial charge is 0.123 e. The predicted molar refractivity (Wildman–Crippen MR) is 80.9 cm³/mol. The molecule has 1 nitrogen and oxygen atoms in total. The second-order valence-electron chi connectivity index (χ2n) is 4.18. The minimum absolute atomic E-state index is 0.0759. The zero-order chi connectivity index (χ0) is 13.7. The van der Waals surface area contributed by atoms with Crippen LogP contribution in [0.3, 0.4) is 0 Å². The molecule has 0 amide bonds. The van der Waals surface area contributed by atoms with Gasteiger partial charge in [-0.25, -0.2) is 4.39 Å². The first-order chi connectivity index (χ1) is 9.20. The van der Waals surface area contributed by atoms with E-state index in [1.807, 2.05) is 30.3 Å². The Kier molecular flexibility index (Phi) is 5.25. The molecule has 0 aliphatic heterocycles. The molecule has 2 N–H and O–H groups in total. The number of nitrogens with two attached hydrogens (primary N) is 1. The van der Waals surface area contributed by atoms with Gasteiger partial charge >= 0.3 is 0 Å².